The molecule has 6 nitrogen and oxygen atoms in total. The van der Waals surface area contributed by atoms with Gasteiger partial charge in [-0.05, 0) is 75.6 Å². The molecule has 3 aromatic carbocycles. The Morgan fingerprint density at radius 1 is 1.06 bits per heavy atom. The van der Waals surface area contributed by atoms with Crippen molar-refractivity contribution in [2.75, 3.05) is 19.5 Å². The van der Waals surface area contributed by atoms with Gasteiger partial charge < -0.3 is 24.8 Å². The van der Waals surface area contributed by atoms with Crippen LogP contribution in [0.1, 0.15) is 11.1 Å². The van der Waals surface area contributed by atoms with Crippen LogP contribution in [0.3, 0.4) is 0 Å². The monoisotopic (exact) mass is 638 g/mol. The van der Waals surface area contributed by atoms with Gasteiger partial charge in [-0.25, -0.2) is 0 Å². The van der Waals surface area contributed by atoms with Gasteiger partial charge in [0.25, 0.3) is 5.91 Å². The predicted molar refractivity (Wildman–Crippen MR) is 148 cm³/mol. The average Bonchev–Trinajstić information content (AvgIpc) is 3.17. The molecule has 4 rings (SSSR count). The number of rotatable bonds is 8. The van der Waals surface area contributed by atoms with E-state index in [1.54, 1.807) is 32.4 Å². The van der Waals surface area contributed by atoms with E-state index in [9.17, 15) is 4.79 Å². The molecule has 1 aliphatic rings. The van der Waals surface area contributed by atoms with Crippen molar-refractivity contribution >= 4 is 72.9 Å². The number of hydrogen-bond acceptors (Lipinski definition) is 6. The van der Waals surface area contributed by atoms with Crippen LogP contribution < -0.4 is 24.8 Å². The van der Waals surface area contributed by atoms with Crippen molar-refractivity contribution in [2.24, 2.45) is 0 Å². The zero-order chi connectivity index (χ0) is 24.9. The second-order valence-corrected chi connectivity index (χ2v) is 10.8. The Labute approximate surface area is 229 Å². The Balaban J connectivity index is 1.49. The summed E-state index contributed by atoms with van der Waals surface area (Å²) in [6.07, 6.45) is 1.81. The summed E-state index contributed by atoms with van der Waals surface area (Å²) in [5.41, 5.74) is 2.14. The molecule has 1 unspecified atom stereocenters. The summed E-state index contributed by atoms with van der Waals surface area (Å²) in [6, 6.07) is 16.9. The minimum absolute atomic E-state index is 0.181. The van der Waals surface area contributed by atoms with Crippen molar-refractivity contribution in [2.45, 2.75) is 12.1 Å². The molecule has 182 valence electrons. The number of carbonyl (C=O) groups excluding carboxylic acids is 1. The van der Waals surface area contributed by atoms with Gasteiger partial charge in [0.1, 0.15) is 12.4 Å². The summed E-state index contributed by atoms with van der Waals surface area (Å²) in [5.74, 6) is 1.60. The largest absolute Gasteiger partial charge is 0.495 e. The third-order valence-corrected chi connectivity index (χ3v) is 7.41. The fraction of sp³-hybridized carbons (Fsp3) is 0.160. The Morgan fingerprint density at radius 2 is 1.80 bits per heavy atom. The van der Waals surface area contributed by atoms with Crippen LogP contribution in [0.5, 0.6) is 17.2 Å². The molecule has 1 saturated heterocycles. The van der Waals surface area contributed by atoms with Crippen molar-refractivity contribution in [1.29, 1.82) is 0 Å². The zero-order valence-corrected chi connectivity index (χ0v) is 23.5. The van der Waals surface area contributed by atoms with Crippen LogP contribution in [0.15, 0.2) is 68.4 Å². The molecule has 0 aromatic heterocycles. The lowest BCUT2D eigenvalue weighted by Crippen LogP contribution is -2.31. The van der Waals surface area contributed by atoms with Gasteiger partial charge in [0.05, 0.1) is 29.3 Å². The first kappa shape index (κ1) is 25.8. The molecule has 0 aliphatic carbocycles. The quantitative estimate of drug-likeness (QED) is 0.257. The summed E-state index contributed by atoms with van der Waals surface area (Å²) < 4.78 is 18.7. The number of amides is 1. The highest BCUT2D eigenvalue weighted by molar-refractivity contribution is 9.10. The van der Waals surface area contributed by atoms with Crippen molar-refractivity contribution < 1.29 is 19.0 Å². The number of carbonyl (C=O) groups is 1. The third-order valence-electron chi connectivity index (χ3n) is 5.02. The van der Waals surface area contributed by atoms with E-state index in [4.69, 9.17) is 25.8 Å². The lowest BCUT2D eigenvalue weighted by Gasteiger charge is -2.16. The molecule has 3 aromatic rings. The highest BCUT2D eigenvalue weighted by Crippen LogP contribution is 2.39. The molecule has 1 atom stereocenters. The van der Waals surface area contributed by atoms with Gasteiger partial charge in [-0.15, -0.1) is 0 Å². The van der Waals surface area contributed by atoms with Crippen LogP contribution in [0, 0.1) is 0 Å². The van der Waals surface area contributed by atoms with Gasteiger partial charge in [0.15, 0.2) is 17.0 Å². The van der Waals surface area contributed by atoms with E-state index in [0.29, 0.717) is 39.5 Å². The van der Waals surface area contributed by atoms with Crippen LogP contribution in [-0.4, -0.2) is 25.6 Å². The third kappa shape index (κ3) is 6.46. The van der Waals surface area contributed by atoms with Crippen LogP contribution in [0.25, 0.3) is 6.08 Å². The Morgan fingerprint density at radius 3 is 2.51 bits per heavy atom. The van der Waals surface area contributed by atoms with Crippen LogP contribution in [0.4, 0.5) is 5.69 Å². The molecule has 1 aliphatic heterocycles. The highest BCUT2D eigenvalue weighted by atomic mass is 79.9. The number of methoxy groups -OCH3 is 2. The molecule has 0 bridgehead atoms. The van der Waals surface area contributed by atoms with Crippen molar-refractivity contribution in [3.05, 3.63) is 84.6 Å². The lowest BCUT2D eigenvalue weighted by atomic mass is 10.2. The number of halogens is 3. The Bertz CT molecular complexity index is 1270. The molecule has 0 saturated carbocycles. The van der Waals surface area contributed by atoms with Crippen molar-refractivity contribution in [3.63, 3.8) is 0 Å². The minimum Gasteiger partial charge on any atom is -0.495 e. The summed E-state index contributed by atoms with van der Waals surface area (Å²) in [4.78, 5) is 13.2. The standard InChI is InChI=1S/C25H21Br2ClN2O4S/c1-32-20-8-7-17(28)12-19(20)29-25-30-24(31)22(35-25)11-15-9-18(27)23(21(10-15)33-2)34-13-14-3-5-16(26)6-4-14/h3-12,25,29H,13H2,1-2H3,(H,30,31)/b22-11-. The summed E-state index contributed by atoms with van der Waals surface area (Å²) >= 11 is 14.5. The first-order valence-corrected chi connectivity index (χ1v) is 13.2. The van der Waals surface area contributed by atoms with E-state index in [0.717, 1.165) is 20.1 Å². The molecular weight excluding hydrogens is 620 g/mol. The Kier molecular flexibility index (Phi) is 8.54. The number of thioether (sulfide) groups is 1. The maximum atomic E-state index is 12.6. The maximum Gasteiger partial charge on any atom is 0.260 e. The number of anilines is 1. The van der Waals surface area contributed by atoms with E-state index in [1.807, 2.05) is 42.5 Å². The van der Waals surface area contributed by atoms with Gasteiger partial charge in [0, 0.05) is 9.50 Å². The van der Waals surface area contributed by atoms with E-state index in [1.165, 1.54) is 11.8 Å². The molecular formula is C25H21Br2ClN2O4S. The van der Waals surface area contributed by atoms with Gasteiger partial charge in [-0.3, -0.25) is 4.79 Å². The molecule has 10 heteroatoms. The molecule has 35 heavy (non-hydrogen) atoms. The average molecular weight is 641 g/mol. The summed E-state index contributed by atoms with van der Waals surface area (Å²) in [7, 11) is 3.16. The fourth-order valence-electron chi connectivity index (χ4n) is 3.35. The maximum absolute atomic E-state index is 12.6. The molecule has 1 fully saturated rings. The zero-order valence-electron chi connectivity index (χ0n) is 18.7. The van der Waals surface area contributed by atoms with Crippen LogP contribution in [0.2, 0.25) is 5.02 Å². The molecule has 2 N–H and O–H groups in total. The molecule has 1 heterocycles. The molecule has 0 spiro atoms. The van der Waals surface area contributed by atoms with E-state index in [-0.39, 0.29) is 11.4 Å². The molecule has 0 radical (unpaired) electrons. The second kappa shape index (κ2) is 11.6. The van der Waals surface area contributed by atoms with Gasteiger partial charge >= 0.3 is 0 Å². The first-order valence-electron chi connectivity index (χ1n) is 10.4. The van der Waals surface area contributed by atoms with Gasteiger partial charge in [-0.2, -0.15) is 0 Å². The topological polar surface area (TPSA) is 68.8 Å². The van der Waals surface area contributed by atoms with Crippen LogP contribution in [-0.2, 0) is 11.4 Å². The number of ether oxygens (including phenoxy) is 3. The number of hydrogen-bond donors (Lipinski definition) is 2. The summed E-state index contributed by atoms with van der Waals surface area (Å²) in [6.45, 7) is 0.390. The highest BCUT2D eigenvalue weighted by Gasteiger charge is 2.28. The minimum atomic E-state index is -0.375. The first-order chi connectivity index (χ1) is 16.9. The van der Waals surface area contributed by atoms with E-state index in [2.05, 4.69) is 42.5 Å². The number of nitrogens with one attached hydrogen (secondary N) is 2. The van der Waals surface area contributed by atoms with Crippen molar-refractivity contribution in [1.82, 2.24) is 5.32 Å². The molecule has 1 amide bonds. The Hall–Kier alpha value is -2.33. The van der Waals surface area contributed by atoms with Crippen molar-refractivity contribution in [3.8, 4) is 17.2 Å². The second-order valence-electron chi connectivity index (χ2n) is 7.42. The van der Waals surface area contributed by atoms with Gasteiger partial charge in [-0.1, -0.05) is 51.4 Å². The number of benzene rings is 3. The lowest BCUT2D eigenvalue weighted by molar-refractivity contribution is -0.116. The fourth-order valence-corrected chi connectivity index (χ4v) is 5.34. The summed E-state index contributed by atoms with van der Waals surface area (Å²) in [5, 5.41) is 6.73. The van der Waals surface area contributed by atoms with Gasteiger partial charge in [0.2, 0.25) is 0 Å². The smallest absolute Gasteiger partial charge is 0.260 e. The van der Waals surface area contributed by atoms with Crippen LogP contribution >= 0.6 is 55.2 Å². The predicted octanol–water partition coefficient (Wildman–Crippen LogP) is 7.06. The van der Waals surface area contributed by atoms with E-state index < -0.39 is 0 Å². The normalized spacial score (nSPS) is 16.2. The van der Waals surface area contributed by atoms with E-state index >= 15 is 0 Å². The SMILES string of the molecule is COc1ccc(Cl)cc1NC1NC(=O)/C(=C/c2cc(Br)c(OCc3ccc(Br)cc3)c(OC)c2)S1.